The van der Waals surface area contributed by atoms with Crippen molar-refractivity contribution in [1.82, 2.24) is 5.32 Å². The van der Waals surface area contributed by atoms with Crippen molar-refractivity contribution in [2.75, 3.05) is 23.9 Å². The smallest absolute Gasteiger partial charge is 0.265 e. The molecule has 3 unspecified atom stereocenters. The number of ether oxygens (including phenoxy) is 2. The number of benzene rings is 1. The quantitative estimate of drug-likeness (QED) is 0.536. The summed E-state index contributed by atoms with van der Waals surface area (Å²) < 4.78 is 35.0. The number of sulfone groups is 1. The van der Waals surface area contributed by atoms with Crippen molar-refractivity contribution in [3.63, 3.8) is 0 Å². The van der Waals surface area contributed by atoms with Crippen LogP contribution in [-0.2, 0) is 27.5 Å². The van der Waals surface area contributed by atoms with E-state index >= 15 is 0 Å². The molecule has 37 heavy (non-hydrogen) atoms. The summed E-state index contributed by atoms with van der Waals surface area (Å²) in [4.78, 5) is 27.7. The standard InChI is InChI=1S/C27H36N2O6S2/c1-16(35-21-9-7-6-8-20(21)34-5)24(30)29-26-23(25(31)28-18-12-13-37(32,33)15-18)19-11-10-17(27(2,3)4)14-22(19)36-26/h6-9,16-18H,10-15H2,1-5H3,(H,28,31)(H,29,30). The fourth-order valence-corrected chi connectivity index (χ4v) is 7.99. The van der Waals surface area contributed by atoms with Gasteiger partial charge in [-0.2, -0.15) is 0 Å². The Balaban J connectivity index is 1.58. The van der Waals surface area contributed by atoms with Gasteiger partial charge < -0.3 is 20.1 Å². The lowest BCUT2D eigenvalue weighted by atomic mass is 9.72. The molecular weight excluding hydrogens is 512 g/mol. The van der Waals surface area contributed by atoms with Crippen LogP contribution in [0.5, 0.6) is 11.5 Å². The van der Waals surface area contributed by atoms with Gasteiger partial charge in [0.05, 0.1) is 24.2 Å². The number of hydrogen-bond acceptors (Lipinski definition) is 7. The molecular formula is C27H36N2O6S2. The van der Waals surface area contributed by atoms with E-state index in [4.69, 9.17) is 9.47 Å². The lowest BCUT2D eigenvalue weighted by Gasteiger charge is -2.33. The van der Waals surface area contributed by atoms with Gasteiger partial charge in [-0.15, -0.1) is 11.3 Å². The largest absolute Gasteiger partial charge is 0.493 e. The number of carbonyl (C=O) groups excluding carboxylic acids is 2. The summed E-state index contributed by atoms with van der Waals surface area (Å²) in [7, 11) is -1.60. The first-order valence-corrected chi connectivity index (χ1v) is 15.3. The molecule has 3 atom stereocenters. The van der Waals surface area contributed by atoms with Gasteiger partial charge in [-0.1, -0.05) is 32.9 Å². The van der Waals surface area contributed by atoms with Gasteiger partial charge in [-0.05, 0) is 61.6 Å². The van der Waals surface area contributed by atoms with Crippen LogP contribution in [-0.4, -0.2) is 51.0 Å². The molecule has 10 heteroatoms. The lowest BCUT2D eigenvalue weighted by Crippen LogP contribution is -2.37. The van der Waals surface area contributed by atoms with Gasteiger partial charge in [0, 0.05) is 10.9 Å². The molecule has 202 valence electrons. The highest BCUT2D eigenvalue weighted by Gasteiger charge is 2.36. The molecule has 0 bridgehead atoms. The number of anilines is 1. The number of para-hydroxylation sites is 2. The molecule has 2 aromatic rings. The van der Waals surface area contributed by atoms with Crippen LogP contribution in [0.4, 0.5) is 5.00 Å². The Hall–Kier alpha value is -2.59. The van der Waals surface area contributed by atoms with Crippen molar-refractivity contribution in [2.45, 2.75) is 65.5 Å². The Labute approximate surface area is 223 Å². The Morgan fingerprint density at radius 1 is 1.14 bits per heavy atom. The van der Waals surface area contributed by atoms with E-state index in [2.05, 4.69) is 31.4 Å². The second-order valence-electron chi connectivity index (χ2n) is 11.0. The van der Waals surface area contributed by atoms with Gasteiger partial charge in [0.15, 0.2) is 27.4 Å². The maximum Gasteiger partial charge on any atom is 0.265 e. The minimum atomic E-state index is -3.14. The first-order chi connectivity index (χ1) is 17.4. The van der Waals surface area contributed by atoms with Crippen molar-refractivity contribution in [3.05, 3.63) is 40.3 Å². The summed E-state index contributed by atoms with van der Waals surface area (Å²) in [5.74, 6) is 0.750. The van der Waals surface area contributed by atoms with Crippen LogP contribution in [0, 0.1) is 11.3 Å². The molecule has 1 fully saturated rings. The predicted molar refractivity (Wildman–Crippen MR) is 146 cm³/mol. The van der Waals surface area contributed by atoms with Crippen LogP contribution in [0.25, 0.3) is 0 Å². The highest BCUT2D eigenvalue weighted by molar-refractivity contribution is 7.91. The molecule has 1 aliphatic heterocycles. The molecule has 1 saturated heterocycles. The Kier molecular flexibility index (Phi) is 7.90. The normalized spacial score (nSPS) is 21.5. The molecule has 4 rings (SSSR count). The minimum absolute atomic E-state index is 0.0529. The lowest BCUT2D eigenvalue weighted by molar-refractivity contribution is -0.122. The molecule has 0 saturated carbocycles. The molecule has 0 spiro atoms. The van der Waals surface area contributed by atoms with E-state index in [9.17, 15) is 18.0 Å². The Morgan fingerprint density at radius 3 is 2.46 bits per heavy atom. The number of fused-ring (bicyclic) bond motifs is 1. The van der Waals surface area contributed by atoms with Crippen molar-refractivity contribution in [3.8, 4) is 11.5 Å². The number of amides is 2. The summed E-state index contributed by atoms with van der Waals surface area (Å²) in [6, 6.07) is 6.68. The summed E-state index contributed by atoms with van der Waals surface area (Å²) in [5.41, 5.74) is 1.54. The average molecular weight is 549 g/mol. The third-order valence-corrected chi connectivity index (χ3v) is 10.2. The van der Waals surface area contributed by atoms with Crippen LogP contribution in [0.3, 0.4) is 0 Å². The molecule has 8 nitrogen and oxygen atoms in total. The summed E-state index contributed by atoms with van der Waals surface area (Å²) in [5, 5.41) is 6.34. The Morgan fingerprint density at radius 2 is 1.84 bits per heavy atom. The number of hydrogen-bond donors (Lipinski definition) is 2. The average Bonchev–Trinajstić information content (AvgIpc) is 3.36. The maximum atomic E-state index is 13.5. The zero-order chi connectivity index (χ0) is 27.0. The highest BCUT2D eigenvalue weighted by atomic mass is 32.2. The zero-order valence-electron chi connectivity index (χ0n) is 22.1. The number of methoxy groups -OCH3 is 1. The molecule has 2 aliphatic rings. The van der Waals surface area contributed by atoms with E-state index in [1.165, 1.54) is 18.4 Å². The van der Waals surface area contributed by atoms with Gasteiger partial charge in [0.1, 0.15) is 5.00 Å². The van der Waals surface area contributed by atoms with Crippen LogP contribution >= 0.6 is 11.3 Å². The van der Waals surface area contributed by atoms with Gasteiger partial charge in [-0.3, -0.25) is 9.59 Å². The van der Waals surface area contributed by atoms with Crippen LogP contribution in [0.2, 0.25) is 0 Å². The molecule has 2 amide bonds. The second-order valence-corrected chi connectivity index (χ2v) is 14.3. The zero-order valence-corrected chi connectivity index (χ0v) is 23.7. The van der Waals surface area contributed by atoms with Crippen LogP contribution < -0.4 is 20.1 Å². The Bertz CT molecular complexity index is 1280. The topological polar surface area (TPSA) is 111 Å². The van der Waals surface area contributed by atoms with Crippen molar-refractivity contribution in [2.24, 2.45) is 11.3 Å². The van der Waals surface area contributed by atoms with Gasteiger partial charge in [0.2, 0.25) is 0 Å². The van der Waals surface area contributed by atoms with Crippen molar-refractivity contribution < 1.29 is 27.5 Å². The highest BCUT2D eigenvalue weighted by Crippen LogP contribution is 2.44. The van der Waals surface area contributed by atoms with E-state index in [1.807, 2.05) is 6.07 Å². The summed E-state index contributed by atoms with van der Waals surface area (Å²) in [6.07, 6.45) is 2.09. The first-order valence-electron chi connectivity index (χ1n) is 12.6. The van der Waals surface area contributed by atoms with Gasteiger partial charge >= 0.3 is 0 Å². The van der Waals surface area contributed by atoms with E-state index in [0.717, 1.165) is 29.7 Å². The van der Waals surface area contributed by atoms with E-state index < -0.39 is 22.0 Å². The number of carbonyl (C=O) groups is 2. The third-order valence-electron chi connectivity index (χ3n) is 7.26. The monoisotopic (exact) mass is 548 g/mol. The van der Waals surface area contributed by atoms with E-state index in [0.29, 0.717) is 34.4 Å². The molecule has 1 aromatic carbocycles. The number of thiophene rings is 1. The van der Waals surface area contributed by atoms with Gasteiger partial charge in [-0.25, -0.2) is 8.42 Å². The molecule has 2 heterocycles. The molecule has 2 N–H and O–H groups in total. The van der Waals surface area contributed by atoms with Crippen molar-refractivity contribution >= 4 is 38.0 Å². The van der Waals surface area contributed by atoms with Crippen molar-refractivity contribution in [1.29, 1.82) is 0 Å². The third kappa shape index (κ3) is 6.29. The summed E-state index contributed by atoms with van der Waals surface area (Å²) >= 11 is 1.44. The minimum Gasteiger partial charge on any atom is -0.493 e. The second kappa shape index (κ2) is 10.6. The number of rotatable bonds is 7. The summed E-state index contributed by atoms with van der Waals surface area (Å²) in [6.45, 7) is 8.33. The molecule has 1 aliphatic carbocycles. The SMILES string of the molecule is COc1ccccc1OC(C)C(=O)Nc1sc2c(c1C(=O)NC1CCS(=O)(=O)C1)CCC(C(C)(C)C)C2. The van der Waals surface area contributed by atoms with Gasteiger partial charge in [0.25, 0.3) is 11.8 Å². The molecule has 0 radical (unpaired) electrons. The predicted octanol–water partition coefficient (Wildman–Crippen LogP) is 4.23. The first kappa shape index (κ1) is 27.4. The van der Waals surface area contributed by atoms with Crippen LogP contribution in [0.15, 0.2) is 24.3 Å². The fourth-order valence-electron chi connectivity index (χ4n) is 4.99. The van der Waals surface area contributed by atoms with Crippen LogP contribution in [0.1, 0.15) is 61.3 Å². The number of nitrogens with one attached hydrogen (secondary N) is 2. The maximum absolute atomic E-state index is 13.5. The van der Waals surface area contributed by atoms with E-state index in [-0.39, 0.29) is 28.7 Å². The fraction of sp³-hybridized carbons (Fsp3) is 0.556. The molecule has 1 aromatic heterocycles. The van der Waals surface area contributed by atoms with E-state index in [1.54, 1.807) is 25.1 Å².